The lowest BCUT2D eigenvalue weighted by molar-refractivity contribution is -0.159. The highest BCUT2D eigenvalue weighted by molar-refractivity contribution is 5.70. The molecule has 3 heteroatoms. The number of ether oxygens (including phenoxy) is 1. The summed E-state index contributed by atoms with van der Waals surface area (Å²) in [6, 6.07) is 0. The summed E-state index contributed by atoms with van der Waals surface area (Å²) in [5, 5.41) is 9.24. The molecule has 1 aliphatic carbocycles. The number of carbonyl (C=O) groups is 1. The number of carboxylic acid groups (broad SMARTS) is 1. The minimum Gasteiger partial charge on any atom is -0.481 e. The van der Waals surface area contributed by atoms with E-state index in [-0.39, 0.29) is 17.6 Å². The van der Waals surface area contributed by atoms with Crippen LogP contribution in [0.2, 0.25) is 0 Å². The van der Waals surface area contributed by atoms with Crippen LogP contribution in [0, 0.1) is 11.8 Å². The van der Waals surface area contributed by atoms with Crippen LogP contribution in [0.25, 0.3) is 0 Å². The standard InChI is InChI=1S/C14H26O3/c1-5-6-10-7-8-11(13(15)16)12(9-10)17-14(2,3)4/h10-12H,5-9H2,1-4H3,(H,15,16). The first-order chi connectivity index (χ1) is 7.83. The predicted octanol–water partition coefficient (Wildman–Crippen LogP) is 3.47. The lowest BCUT2D eigenvalue weighted by Crippen LogP contribution is -2.41. The first-order valence-corrected chi connectivity index (χ1v) is 6.74. The van der Waals surface area contributed by atoms with Crippen LogP contribution in [-0.4, -0.2) is 22.8 Å². The molecule has 0 aromatic carbocycles. The number of rotatable bonds is 4. The molecule has 3 nitrogen and oxygen atoms in total. The van der Waals surface area contributed by atoms with Gasteiger partial charge in [0.2, 0.25) is 0 Å². The molecule has 0 spiro atoms. The molecule has 3 atom stereocenters. The normalized spacial score (nSPS) is 30.2. The van der Waals surface area contributed by atoms with E-state index in [0.717, 1.165) is 19.3 Å². The zero-order valence-corrected chi connectivity index (χ0v) is 11.5. The lowest BCUT2D eigenvalue weighted by Gasteiger charge is -2.37. The van der Waals surface area contributed by atoms with Gasteiger partial charge in [-0.2, -0.15) is 0 Å². The van der Waals surface area contributed by atoms with Gasteiger partial charge in [0.05, 0.1) is 17.6 Å². The van der Waals surface area contributed by atoms with Crippen molar-refractivity contribution in [2.75, 3.05) is 0 Å². The number of aliphatic carboxylic acids is 1. The SMILES string of the molecule is CCCC1CCC(C(=O)O)C(OC(C)(C)C)C1. The van der Waals surface area contributed by atoms with Crippen LogP contribution in [0.4, 0.5) is 0 Å². The van der Waals surface area contributed by atoms with Crippen LogP contribution >= 0.6 is 0 Å². The molecule has 1 N–H and O–H groups in total. The smallest absolute Gasteiger partial charge is 0.309 e. The van der Waals surface area contributed by atoms with Crippen molar-refractivity contribution in [2.24, 2.45) is 11.8 Å². The van der Waals surface area contributed by atoms with E-state index in [9.17, 15) is 9.90 Å². The van der Waals surface area contributed by atoms with Crippen molar-refractivity contribution in [3.8, 4) is 0 Å². The predicted molar refractivity (Wildman–Crippen MR) is 68.0 cm³/mol. The van der Waals surface area contributed by atoms with E-state index in [1.54, 1.807) is 0 Å². The van der Waals surface area contributed by atoms with Crippen LogP contribution in [0.1, 0.15) is 59.8 Å². The molecular formula is C14H26O3. The first kappa shape index (κ1) is 14.5. The Hall–Kier alpha value is -0.570. The monoisotopic (exact) mass is 242 g/mol. The van der Waals surface area contributed by atoms with E-state index in [2.05, 4.69) is 6.92 Å². The van der Waals surface area contributed by atoms with Crippen molar-refractivity contribution >= 4 is 5.97 Å². The number of hydrogen-bond donors (Lipinski definition) is 1. The fourth-order valence-corrected chi connectivity index (χ4v) is 2.75. The van der Waals surface area contributed by atoms with E-state index in [1.165, 1.54) is 12.8 Å². The molecule has 0 bridgehead atoms. The summed E-state index contributed by atoms with van der Waals surface area (Å²) >= 11 is 0. The van der Waals surface area contributed by atoms with Crippen molar-refractivity contribution in [3.63, 3.8) is 0 Å². The third-order valence-electron chi connectivity index (χ3n) is 3.42. The fraction of sp³-hybridized carbons (Fsp3) is 0.929. The summed E-state index contributed by atoms with van der Waals surface area (Å²) in [7, 11) is 0. The second-order valence-electron chi connectivity index (χ2n) is 6.18. The Kier molecular flexibility index (Phi) is 4.99. The van der Waals surface area contributed by atoms with E-state index in [1.807, 2.05) is 20.8 Å². The van der Waals surface area contributed by atoms with Gasteiger partial charge in [-0.3, -0.25) is 4.79 Å². The molecule has 17 heavy (non-hydrogen) atoms. The van der Waals surface area contributed by atoms with E-state index < -0.39 is 5.97 Å². The highest BCUT2D eigenvalue weighted by atomic mass is 16.5. The summed E-state index contributed by atoms with van der Waals surface area (Å²) in [4.78, 5) is 11.2. The van der Waals surface area contributed by atoms with E-state index in [0.29, 0.717) is 5.92 Å². The van der Waals surface area contributed by atoms with E-state index >= 15 is 0 Å². The van der Waals surface area contributed by atoms with Crippen molar-refractivity contribution < 1.29 is 14.6 Å². The van der Waals surface area contributed by atoms with Gasteiger partial charge in [0.25, 0.3) is 0 Å². The highest BCUT2D eigenvalue weighted by Gasteiger charge is 2.37. The topological polar surface area (TPSA) is 46.5 Å². The Morgan fingerprint density at radius 3 is 2.47 bits per heavy atom. The van der Waals surface area contributed by atoms with Gasteiger partial charge in [-0.15, -0.1) is 0 Å². The molecule has 0 heterocycles. The average molecular weight is 242 g/mol. The lowest BCUT2D eigenvalue weighted by atomic mass is 9.78. The molecule has 1 aliphatic rings. The van der Waals surface area contributed by atoms with Crippen LogP contribution in [-0.2, 0) is 9.53 Å². The van der Waals surface area contributed by atoms with Gasteiger partial charge in [-0.25, -0.2) is 0 Å². The van der Waals surface area contributed by atoms with Crippen LogP contribution in [0.3, 0.4) is 0 Å². The molecule has 1 saturated carbocycles. The molecule has 100 valence electrons. The van der Waals surface area contributed by atoms with Crippen molar-refractivity contribution in [1.29, 1.82) is 0 Å². The van der Waals surface area contributed by atoms with Gasteiger partial charge >= 0.3 is 5.97 Å². The summed E-state index contributed by atoms with van der Waals surface area (Å²) in [6.07, 6.45) is 4.95. The Bertz CT molecular complexity index is 255. The Labute approximate surface area is 105 Å². The largest absolute Gasteiger partial charge is 0.481 e. The van der Waals surface area contributed by atoms with Crippen LogP contribution < -0.4 is 0 Å². The zero-order chi connectivity index (χ0) is 13.1. The molecule has 3 unspecified atom stereocenters. The van der Waals surface area contributed by atoms with Gasteiger partial charge in [0, 0.05) is 0 Å². The van der Waals surface area contributed by atoms with Gasteiger partial charge in [0.15, 0.2) is 0 Å². The molecule has 0 saturated heterocycles. The van der Waals surface area contributed by atoms with Crippen molar-refractivity contribution in [3.05, 3.63) is 0 Å². The average Bonchev–Trinajstić information content (AvgIpc) is 2.15. The van der Waals surface area contributed by atoms with E-state index in [4.69, 9.17) is 4.74 Å². The Morgan fingerprint density at radius 1 is 1.35 bits per heavy atom. The maximum atomic E-state index is 11.2. The molecule has 1 fully saturated rings. The minimum atomic E-state index is -0.700. The molecule has 0 amide bonds. The maximum Gasteiger partial charge on any atom is 0.309 e. The quantitative estimate of drug-likeness (QED) is 0.821. The highest BCUT2D eigenvalue weighted by Crippen LogP contribution is 2.35. The van der Waals surface area contributed by atoms with Gasteiger partial charge in [-0.05, 0) is 46.0 Å². The number of carboxylic acids is 1. The molecule has 0 aromatic heterocycles. The fourth-order valence-electron chi connectivity index (χ4n) is 2.75. The van der Waals surface area contributed by atoms with Crippen molar-refractivity contribution in [1.82, 2.24) is 0 Å². The summed E-state index contributed by atoms with van der Waals surface area (Å²) in [6.45, 7) is 8.17. The van der Waals surface area contributed by atoms with Crippen LogP contribution in [0.15, 0.2) is 0 Å². The van der Waals surface area contributed by atoms with Crippen molar-refractivity contribution in [2.45, 2.75) is 71.5 Å². The summed E-state index contributed by atoms with van der Waals surface area (Å²) in [5.41, 5.74) is -0.257. The first-order valence-electron chi connectivity index (χ1n) is 6.74. The van der Waals surface area contributed by atoms with Gasteiger partial charge < -0.3 is 9.84 Å². The van der Waals surface area contributed by atoms with Gasteiger partial charge in [0.1, 0.15) is 0 Å². The third-order valence-corrected chi connectivity index (χ3v) is 3.42. The molecule has 1 rings (SSSR count). The Balaban J connectivity index is 2.66. The summed E-state index contributed by atoms with van der Waals surface area (Å²) < 4.78 is 5.95. The van der Waals surface area contributed by atoms with Crippen LogP contribution in [0.5, 0.6) is 0 Å². The molecule has 0 aromatic rings. The number of hydrogen-bond acceptors (Lipinski definition) is 2. The zero-order valence-electron chi connectivity index (χ0n) is 11.5. The second-order valence-corrected chi connectivity index (χ2v) is 6.18. The summed E-state index contributed by atoms with van der Waals surface area (Å²) in [5.74, 6) is -0.375. The Morgan fingerprint density at radius 2 is 2.00 bits per heavy atom. The van der Waals surface area contributed by atoms with Gasteiger partial charge in [-0.1, -0.05) is 19.8 Å². The maximum absolute atomic E-state index is 11.2. The second kappa shape index (κ2) is 5.85. The molecular weight excluding hydrogens is 216 g/mol. The molecule has 0 aliphatic heterocycles. The minimum absolute atomic E-state index is 0.113. The third kappa shape index (κ3) is 4.66. The molecule has 0 radical (unpaired) electrons.